The molecule has 8 heteroatoms. The number of esters is 1. The fourth-order valence-electron chi connectivity index (χ4n) is 1.96. The second kappa shape index (κ2) is 6.09. The van der Waals surface area contributed by atoms with Gasteiger partial charge in [0.2, 0.25) is 0 Å². The zero-order chi connectivity index (χ0) is 16.4. The van der Waals surface area contributed by atoms with Gasteiger partial charge in [-0.05, 0) is 19.1 Å². The predicted octanol–water partition coefficient (Wildman–Crippen LogP) is 3.27. The van der Waals surface area contributed by atoms with Crippen LogP contribution in [0.2, 0.25) is 0 Å². The molecule has 0 N–H and O–H groups in total. The van der Waals surface area contributed by atoms with Crippen molar-refractivity contribution >= 4 is 33.5 Å². The summed E-state index contributed by atoms with van der Waals surface area (Å²) in [5, 5.41) is 12.5. The van der Waals surface area contributed by atoms with E-state index >= 15 is 0 Å². The van der Waals surface area contributed by atoms with Crippen molar-refractivity contribution in [3.8, 4) is 0 Å². The van der Waals surface area contributed by atoms with Gasteiger partial charge in [-0.3, -0.25) is 4.79 Å². The van der Waals surface area contributed by atoms with Crippen LogP contribution in [0.1, 0.15) is 15.4 Å². The first kappa shape index (κ1) is 15.0. The van der Waals surface area contributed by atoms with E-state index in [1.165, 1.54) is 17.7 Å². The molecule has 0 fully saturated rings. The van der Waals surface area contributed by atoms with Gasteiger partial charge in [0.25, 0.3) is 5.56 Å². The molecule has 0 radical (unpaired) electrons. The molecule has 116 valence electrons. The molecule has 0 aliphatic carbocycles. The van der Waals surface area contributed by atoms with Gasteiger partial charge in [-0.25, -0.2) is 4.79 Å². The summed E-state index contributed by atoms with van der Waals surface area (Å²) >= 11 is 1.09. The lowest BCUT2D eigenvalue weighted by Gasteiger charge is -1.98. The fraction of sp³-hybridized carbons (Fsp3) is 0.133. The minimum Gasteiger partial charge on any atom is -0.465 e. The third-order valence-electron chi connectivity index (χ3n) is 3.07. The van der Waals surface area contributed by atoms with Gasteiger partial charge < -0.3 is 4.74 Å². The van der Waals surface area contributed by atoms with Crippen LogP contribution in [0, 0.1) is 6.92 Å². The Labute approximate surface area is 134 Å². The second-order valence-corrected chi connectivity index (χ2v) is 5.66. The van der Waals surface area contributed by atoms with E-state index in [1.54, 1.807) is 6.92 Å². The molecule has 0 unspecified atom stereocenters. The van der Waals surface area contributed by atoms with Crippen molar-refractivity contribution in [1.82, 2.24) is 9.61 Å². The van der Waals surface area contributed by atoms with Crippen molar-refractivity contribution < 1.29 is 9.53 Å². The van der Waals surface area contributed by atoms with Gasteiger partial charge in [0.1, 0.15) is 10.6 Å². The number of carbonyl (C=O) groups is 1. The molecule has 0 aliphatic rings. The summed E-state index contributed by atoms with van der Waals surface area (Å²) in [5.41, 5.74) is 1.29. The molecule has 0 spiro atoms. The van der Waals surface area contributed by atoms with Crippen LogP contribution in [0.25, 0.3) is 4.83 Å². The minimum absolute atomic E-state index is 0.195. The third-order valence-corrected chi connectivity index (χ3v) is 4.13. The van der Waals surface area contributed by atoms with Gasteiger partial charge >= 0.3 is 5.97 Å². The Kier molecular flexibility index (Phi) is 3.98. The summed E-state index contributed by atoms with van der Waals surface area (Å²) in [4.78, 5) is 24.4. The first-order chi connectivity index (χ1) is 11.1. The van der Waals surface area contributed by atoms with Gasteiger partial charge in [0.05, 0.1) is 18.5 Å². The van der Waals surface area contributed by atoms with Crippen molar-refractivity contribution in [1.29, 1.82) is 0 Å². The van der Waals surface area contributed by atoms with E-state index in [9.17, 15) is 9.59 Å². The van der Waals surface area contributed by atoms with Gasteiger partial charge in [-0.1, -0.05) is 18.2 Å². The molecule has 23 heavy (non-hydrogen) atoms. The number of rotatable bonds is 3. The Morgan fingerprint density at radius 3 is 2.70 bits per heavy atom. The van der Waals surface area contributed by atoms with E-state index in [0.29, 0.717) is 21.9 Å². The maximum absolute atomic E-state index is 12.1. The highest BCUT2D eigenvalue weighted by molar-refractivity contribution is 7.19. The highest BCUT2D eigenvalue weighted by atomic mass is 32.1. The average Bonchev–Trinajstić information content (AvgIpc) is 2.89. The van der Waals surface area contributed by atoms with Crippen LogP contribution < -0.4 is 5.56 Å². The number of aryl methyl sites for hydroxylation is 1. The molecule has 0 bridgehead atoms. The lowest BCUT2D eigenvalue weighted by Crippen LogP contribution is -2.14. The maximum atomic E-state index is 12.1. The zero-order valence-electron chi connectivity index (χ0n) is 12.4. The number of aromatic nitrogens is 2. The molecule has 0 saturated heterocycles. The Morgan fingerprint density at radius 1 is 1.26 bits per heavy atom. The van der Waals surface area contributed by atoms with E-state index < -0.39 is 11.5 Å². The quantitative estimate of drug-likeness (QED) is 0.545. The SMILES string of the molecule is COC(=O)c1cc(=O)n2nc(C)c(N=Nc3ccccc3)c2s1. The lowest BCUT2D eigenvalue weighted by molar-refractivity contribution is 0.0606. The van der Waals surface area contributed by atoms with Crippen molar-refractivity contribution in [2.75, 3.05) is 7.11 Å². The molecule has 0 saturated carbocycles. The monoisotopic (exact) mass is 328 g/mol. The van der Waals surface area contributed by atoms with Crippen molar-refractivity contribution in [2.24, 2.45) is 10.2 Å². The van der Waals surface area contributed by atoms with Crippen LogP contribution in [0.15, 0.2) is 51.4 Å². The normalized spacial score (nSPS) is 11.2. The van der Waals surface area contributed by atoms with Gasteiger partial charge in [-0.15, -0.1) is 16.5 Å². The molecular weight excluding hydrogens is 316 g/mol. The molecule has 0 amide bonds. The minimum atomic E-state index is -0.570. The molecular formula is C15H12N4O3S. The predicted molar refractivity (Wildman–Crippen MR) is 86.0 cm³/mol. The summed E-state index contributed by atoms with van der Waals surface area (Å²) in [5.74, 6) is -0.570. The number of fused-ring (bicyclic) bond motifs is 1. The van der Waals surface area contributed by atoms with E-state index in [2.05, 4.69) is 20.1 Å². The molecule has 0 atom stereocenters. The topological polar surface area (TPSA) is 85.4 Å². The van der Waals surface area contributed by atoms with Crippen molar-refractivity contribution in [3.63, 3.8) is 0 Å². The van der Waals surface area contributed by atoms with E-state index in [1.807, 2.05) is 30.3 Å². The molecule has 1 aromatic carbocycles. The number of methoxy groups -OCH3 is 1. The number of benzene rings is 1. The van der Waals surface area contributed by atoms with Gasteiger partial charge in [0, 0.05) is 6.07 Å². The van der Waals surface area contributed by atoms with Crippen LogP contribution in [-0.2, 0) is 4.74 Å². The second-order valence-electron chi connectivity index (χ2n) is 4.63. The van der Waals surface area contributed by atoms with Crippen LogP contribution in [0.3, 0.4) is 0 Å². The maximum Gasteiger partial charge on any atom is 0.348 e. The van der Waals surface area contributed by atoms with Crippen molar-refractivity contribution in [3.05, 3.63) is 57.3 Å². The summed E-state index contributed by atoms with van der Waals surface area (Å²) in [6.07, 6.45) is 0. The number of hydrogen-bond acceptors (Lipinski definition) is 7. The van der Waals surface area contributed by atoms with Crippen LogP contribution in [0.5, 0.6) is 0 Å². The number of hydrogen-bond donors (Lipinski definition) is 0. The summed E-state index contributed by atoms with van der Waals surface area (Å²) < 4.78 is 5.88. The van der Waals surface area contributed by atoms with Crippen LogP contribution in [-0.4, -0.2) is 22.7 Å². The average molecular weight is 328 g/mol. The highest BCUT2D eigenvalue weighted by Crippen LogP contribution is 2.30. The molecule has 2 aromatic heterocycles. The number of ether oxygens (including phenoxy) is 1. The smallest absolute Gasteiger partial charge is 0.348 e. The van der Waals surface area contributed by atoms with E-state index in [4.69, 9.17) is 0 Å². The largest absolute Gasteiger partial charge is 0.465 e. The molecule has 2 heterocycles. The van der Waals surface area contributed by atoms with E-state index in [-0.39, 0.29) is 4.88 Å². The number of carbonyl (C=O) groups excluding carboxylic acids is 1. The first-order valence-corrected chi connectivity index (χ1v) is 7.50. The van der Waals surface area contributed by atoms with Gasteiger partial charge in [0.15, 0.2) is 4.83 Å². The van der Waals surface area contributed by atoms with Crippen molar-refractivity contribution in [2.45, 2.75) is 6.92 Å². The van der Waals surface area contributed by atoms with E-state index in [0.717, 1.165) is 11.3 Å². The van der Waals surface area contributed by atoms with Gasteiger partial charge in [-0.2, -0.15) is 14.7 Å². The Hall–Kier alpha value is -2.87. The number of nitrogens with zero attached hydrogens (tertiary/aromatic N) is 4. The summed E-state index contributed by atoms with van der Waals surface area (Å²) in [6.45, 7) is 1.73. The standard InChI is InChI=1S/C15H12N4O3S/c1-9-13(17-16-10-6-4-3-5-7-10)14-19(18-9)12(20)8-11(23-14)15(21)22-2/h3-8H,1-2H3. The third kappa shape index (κ3) is 2.88. The van der Waals surface area contributed by atoms with Crippen LogP contribution >= 0.6 is 11.3 Å². The molecule has 0 aliphatic heterocycles. The Balaban J connectivity index is 2.15. The summed E-state index contributed by atoms with van der Waals surface area (Å²) in [6, 6.07) is 10.4. The summed E-state index contributed by atoms with van der Waals surface area (Å²) in [7, 11) is 1.27. The molecule has 3 aromatic rings. The van der Waals surface area contributed by atoms with Crippen LogP contribution in [0.4, 0.5) is 11.4 Å². The number of azo groups is 1. The molecule has 3 rings (SSSR count). The zero-order valence-corrected chi connectivity index (χ0v) is 13.2. The Morgan fingerprint density at radius 2 is 2.00 bits per heavy atom. The molecule has 7 nitrogen and oxygen atoms in total. The fourth-order valence-corrected chi connectivity index (χ4v) is 3.00. The Bertz CT molecular complexity index is 960. The highest BCUT2D eigenvalue weighted by Gasteiger charge is 2.16. The lowest BCUT2D eigenvalue weighted by atomic mass is 10.3. The first-order valence-electron chi connectivity index (χ1n) is 6.68.